The van der Waals surface area contributed by atoms with Crippen LogP contribution in [0.4, 0.5) is 5.69 Å². The second kappa shape index (κ2) is 7.09. The lowest BCUT2D eigenvalue weighted by Crippen LogP contribution is -1.99. The zero-order valence-electron chi connectivity index (χ0n) is 13.2. The molecule has 25 heavy (non-hydrogen) atoms. The third-order valence-electron chi connectivity index (χ3n) is 3.67. The molecule has 0 aliphatic rings. The fourth-order valence-electron chi connectivity index (χ4n) is 2.44. The maximum atomic E-state index is 11.0. The second-order valence-corrected chi connectivity index (χ2v) is 5.90. The molecule has 0 saturated heterocycles. The van der Waals surface area contributed by atoms with Gasteiger partial charge in [0.25, 0.3) is 0 Å². The normalized spacial score (nSPS) is 10.5. The topological polar surface area (TPSA) is 78.1 Å². The van der Waals surface area contributed by atoms with Crippen molar-refractivity contribution in [2.75, 3.05) is 12.8 Å². The van der Waals surface area contributed by atoms with Crippen LogP contribution in [0.15, 0.2) is 42.6 Å². The van der Waals surface area contributed by atoms with Gasteiger partial charge in [0.15, 0.2) is 12.0 Å². The molecule has 0 unspecified atom stereocenters. The first-order valence-corrected chi connectivity index (χ1v) is 8.02. The number of benzene rings is 2. The Morgan fingerprint density at radius 2 is 1.68 bits per heavy atom. The Morgan fingerprint density at radius 3 is 2.36 bits per heavy atom. The van der Waals surface area contributed by atoms with Crippen LogP contribution in [0.3, 0.4) is 0 Å². The van der Waals surface area contributed by atoms with Crippen LogP contribution >= 0.6 is 23.2 Å². The van der Waals surface area contributed by atoms with Crippen LogP contribution in [0.2, 0.25) is 10.0 Å². The van der Waals surface area contributed by atoms with E-state index in [1.807, 2.05) is 18.2 Å². The summed E-state index contributed by atoms with van der Waals surface area (Å²) in [6.07, 6.45) is 2.05. The Morgan fingerprint density at radius 1 is 1.04 bits per heavy atom. The third-order valence-corrected chi connectivity index (χ3v) is 4.49. The van der Waals surface area contributed by atoms with E-state index in [9.17, 15) is 4.79 Å². The highest BCUT2D eigenvalue weighted by molar-refractivity contribution is 6.39. The van der Waals surface area contributed by atoms with Crippen LogP contribution in [0.1, 0.15) is 10.5 Å². The van der Waals surface area contributed by atoms with Crippen LogP contribution in [0.25, 0.3) is 22.4 Å². The summed E-state index contributed by atoms with van der Waals surface area (Å²) in [5.74, 6) is 0.135. The fraction of sp³-hybridized carbons (Fsp3) is 0.0556. The minimum atomic E-state index is 0.123. The number of nitrogen functional groups attached to an aromatic ring is 1. The number of ether oxygens (including phenoxy) is 1. The number of nitrogens with two attached hydrogens (primary N) is 1. The van der Waals surface area contributed by atoms with E-state index in [1.54, 1.807) is 18.2 Å². The maximum absolute atomic E-state index is 11.0. The summed E-state index contributed by atoms with van der Waals surface area (Å²) in [5.41, 5.74) is 9.03. The first-order valence-electron chi connectivity index (χ1n) is 7.26. The number of aromatic nitrogens is 2. The molecule has 0 aliphatic heterocycles. The van der Waals surface area contributed by atoms with Gasteiger partial charge in [0.1, 0.15) is 0 Å². The molecule has 2 aromatic carbocycles. The predicted octanol–water partition coefficient (Wildman–Crippen LogP) is 4.52. The van der Waals surface area contributed by atoms with Gasteiger partial charge in [-0.05, 0) is 6.07 Å². The summed E-state index contributed by atoms with van der Waals surface area (Å²) in [6.45, 7) is 0. The molecule has 5 nitrogen and oxygen atoms in total. The van der Waals surface area contributed by atoms with Crippen molar-refractivity contribution in [2.45, 2.75) is 0 Å². The van der Waals surface area contributed by atoms with Crippen molar-refractivity contribution in [3.8, 4) is 28.3 Å². The Kier molecular flexibility index (Phi) is 4.88. The zero-order chi connectivity index (χ0) is 18.0. The highest BCUT2D eigenvalue weighted by atomic mass is 35.5. The van der Waals surface area contributed by atoms with Gasteiger partial charge in [0.2, 0.25) is 5.88 Å². The van der Waals surface area contributed by atoms with Crippen molar-refractivity contribution in [1.29, 1.82) is 0 Å². The molecule has 126 valence electrons. The van der Waals surface area contributed by atoms with E-state index in [2.05, 4.69) is 9.97 Å². The van der Waals surface area contributed by atoms with E-state index in [1.165, 1.54) is 13.3 Å². The summed E-state index contributed by atoms with van der Waals surface area (Å²) >= 11 is 12.9. The minimum absolute atomic E-state index is 0.123. The van der Waals surface area contributed by atoms with E-state index < -0.39 is 0 Å². The summed E-state index contributed by atoms with van der Waals surface area (Å²) in [5, 5.41) is 0.881. The lowest BCUT2D eigenvalue weighted by molar-refractivity contribution is 0.111. The van der Waals surface area contributed by atoms with Crippen LogP contribution in [-0.4, -0.2) is 23.4 Å². The molecule has 0 atom stereocenters. The molecule has 0 spiro atoms. The van der Waals surface area contributed by atoms with Gasteiger partial charge in [-0.25, -0.2) is 9.97 Å². The van der Waals surface area contributed by atoms with Crippen molar-refractivity contribution in [1.82, 2.24) is 9.97 Å². The van der Waals surface area contributed by atoms with Crippen LogP contribution in [0.5, 0.6) is 5.88 Å². The number of rotatable bonds is 4. The minimum Gasteiger partial charge on any atom is -0.479 e. The quantitative estimate of drug-likeness (QED) is 0.537. The first kappa shape index (κ1) is 17.2. The molecular formula is C18H13Cl2N3O2. The number of hydrogen-bond acceptors (Lipinski definition) is 5. The Hall–Kier alpha value is -2.63. The summed E-state index contributed by atoms with van der Waals surface area (Å²) < 4.78 is 5.10. The van der Waals surface area contributed by atoms with Gasteiger partial charge >= 0.3 is 0 Å². The fourth-order valence-corrected chi connectivity index (χ4v) is 2.99. The largest absolute Gasteiger partial charge is 0.479 e. The monoisotopic (exact) mass is 373 g/mol. The van der Waals surface area contributed by atoms with Crippen LogP contribution < -0.4 is 10.5 Å². The van der Waals surface area contributed by atoms with Gasteiger partial charge in [-0.15, -0.1) is 0 Å². The molecule has 0 fully saturated rings. The average molecular weight is 374 g/mol. The molecule has 7 heteroatoms. The average Bonchev–Trinajstić information content (AvgIpc) is 2.64. The standard InChI is InChI=1S/C18H13Cl2N3O2/c1-25-18-15(9-24)22-8-14(23-18)12-6-2-4-10(16(12)19)11-5-3-7-13(21)17(11)20/h2-9H,21H2,1H3. The number of nitrogens with zero attached hydrogens (tertiary/aromatic N) is 2. The third kappa shape index (κ3) is 3.16. The summed E-state index contributed by atoms with van der Waals surface area (Å²) in [4.78, 5) is 19.3. The van der Waals surface area contributed by atoms with Crippen molar-refractivity contribution < 1.29 is 9.53 Å². The number of carbonyl (C=O) groups is 1. The van der Waals surface area contributed by atoms with E-state index in [0.717, 1.165) is 11.1 Å². The lowest BCUT2D eigenvalue weighted by atomic mass is 10.0. The lowest BCUT2D eigenvalue weighted by Gasteiger charge is -2.12. The first-order chi connectivity index (χ1) is 12.1. The molecule has 1 heterocycles. The van der Waals surface area contributed by atoms with Crippen molar-refractivity contribution >= 4 is 35.2 Å². The molecule has 0 bridgehead atoms. The number of anilines is 1. The molecule has 0 saturated carbocycles. The molecule has 0 radical (unpaired) electrons. The molecule has 0 aliphatic carbocycles. The van der Waals surface area contributed by atoms with Crippen molar-refractivity contribution in [3.05, 3.63) is 58.3 Å². The Labute approximate surface area is 154 Å². The highest BCUT2D eigenvalue weighted by Gasteiger charge is 2.16. The van der Waals surface area contributed by atoms with E-state index in [4.69, 9.17) is 33.7 Å². The SMILES string of the molecule is COc1nc(-c2cccc(-c3cccc(N)c3Cl)c2Cl)cnc1C=O. The number of halogens is 2. The van der Waals surface area contributed by atoms with Crippen molar-refractivity contribution in [3.63, 3.8) is 0 Å². The van der Waals surface area contributed by atoms with Gasteiger partial charge in [0.05, 0.1) is 34.7 Å². The number of carbonyl (C=O) groups excluding carboxylic acids is 1. The molecular weight excluding hydrogens is 361 g/mol. The maximum Gasteiger partial charge on any atom is 0.243 e. The van der Waals surface area contributed by atoms with E-state index in [-0.39, 0.29) is 11.6 Å². The van der Waals surface area contributed by atoms with Gasteiger partial charge < -0.3 is 10.5 Å². The Balaban J connectivity index is 2.17. The number of aldehydes is 1. The van der Waals surface area contributed by atoms with Crippen LogP contribution in [-0.2, 0) is 0 Å². The smallest absolute Gasteiger partial charge is 0.243 e. The highest BCUT2D eigenvalue weighted by Crippen LogP contribution is 2.40. The predicted molar refractivity (Wildman–Crippen MR) is 99.3 cm³/mol. The number of hydrogen-bond donors (Lipinski definition) is 1. The second-order valence-electron chi connectivity index (χ2n) is 5.14. The van der Waals surface area contributed by atoms with E-state index in [0.29, 0.717) is 33.3 Å². The number of methoxy groups -OCH3 is 1. The molecule has 3 rings (SSSR count). The van der Waals surface area contributed by atoms with Crippen LogP contribution in [0, 0.1) is 0 Å². The van der Waals surface area contributed by atoms with E-state index >= 15 is 0 Å². The summed E-state index contributed by atoms with van der Waals surface area (Å²) in [6, 6.07) is 10.8. The van der Waals surface area contributed by atoms with Gasteiger partial charge in [-0.1, -0.05) is 53.5 Å². The molecule has 3 aromatic rings. The van der Waals surface area contributed by atoms with Gasteiger partial charge in [0, 0.05) is 16.7 Å². The Bertz CT molecular complexity index is 961. The zero-order valence-corrected chi connectivity index (χ0v) is 14.7. The molecule has 0 amide bonds. The van der Waals surface area contributed by atoms with Gasteiger partial charge in [-0.2, -0.15) is 0 Å². The van der Waals surface area contributed by atoms with Crippen molar-refractivity contribution in [2.24, 2.45) is 0 Å². The van der Waals surface area contributed by atoms with Gasteiger partial charge in [-0.3, -0.25) is 4.79 Å². The molecule has 2 N–H and O–H groups in total. The molecule has 1 aromatic heterocycles. The summed E-state index contributed by atoms with van der Waals surface area (Å²) in [7, 11) is 1.42.